The number of ether oxygens (including phenoxy) is 1. The van der Waals surface area contributed by atoms with Crippen molar-refractivity contribution >= 4 is 29.0 Å². The number of rotatable bonds is 3. The Morgan fingerprint density at radius 2 is 1.93 bits per heavy atom. The van der Waals surface area contributed by atoms with Crippen LogP contribution in [0.5, 0.6) is 5.75 Å². The molecule has 2 aromatic carbocycles. The van der Waals surface area contributed by atoms with Gasteiger partial charge in [-0.3, -0.25) is 9.89 Å². The van der Waals surface area contributed by atoms with Crippen LogP contribution in [0.1, 0.15) is 33.1 Å². The second kappa shape index (κ2) is 7.21. The van der Waals surface area contributed by atoms with E-state index in [9.17, 15) is 0 Å². The van der Waals surface area contributed by atoms with Gasteiger partial charge in [-0.15, -0.1) is 0 Å². The third kappa shape index (κ3) is 2.98. The van der Waals surface area contributed by atoms with Crippen LogP contribution in [0.3, 0.4) is 0 Å². The highest BCUT2D eigenvalue weighted by atomic mass is 32.2. The quantitative estimate of drug-likeness (QED) is 0.659. The molecule has 0 bridgehead atoms. The molecule has 3 aliphatic rings. The summed E-state index contributed by atoms with van der Waals surface area (Å²) in [5, 5.41) is 0. The van der Waals surface area contributed by atoms with Crippen LogP contribution in [0.2, 0.25) is 0 Å². The normalized spacial score (nSPS) is 18.1. The molecule has 0 saturated heterocycles. The molecule has 0 aromatic heterocycles. The van der Waals surface area contributed by atoms with Gasteiger partial charge in [-0.05, 0) is 57.0 Å². The van der Waals surface area contributed by atoms with Crippen LogP contribution in [0.25, 0.3) is 0 Å². The van der Waals surface area contributed by atoms with Crippen LogP contribution >= 0.6 is 11.8 Å². The zero-order valence-electron chi connectivity index (χ0n) is 16.4. The SMILES string of the molecule is CC(C)Oc1cccc2c1Sc1ccccc1N2C1=CCCN1C1=NCCC1. The molecular weight excluding hydrogens is 366 g/mol. The molecule has 3 aliphatic heterocycles. The first-order valence-electron chi connectivity index (χ1n) is 10.1. The molecule has 5 rings (SSSR count). The highest BCUT2D eigenvalue weighted by Crippen LogP contribution is 2.53. The fourth-order valence-corrected chi connectivity index (χ4v) is 5.22. The van der Waals surface area contributed by atoms with E-state index in [1.165, 1.54) is 32.8 Å². The molecule has 5 heteroatoms. The molecular formula is C23H25N3OS. The van der Waals surface area contributed by atoms with Crippen LogP contribution in [0, 0.1) is 0 Å². The van der Waals surface area contributed by atoms with E-state index in [1.807, 2.05) is 0 Å². The molecule has 0 radical (unpaired) electrons. The fourth-order valence-electron chi connectivity index (χ4n) is 4.11. The zero-order chi connectivity index (χ0) is 19.1. The van der Waals surface area contributed by atoms with Crippen molar-refractivity contribution in [2.24, 2.45) is 4.99 Å². The molecule has 4 nitrogen and oxygen atoms in total. The summed E-state index contributed by atoms with van der Waals surface area (Å²) >= 11 is 1.80. The summed E-state index contributed by atoms with van der Waals surface area (Å²) in [7, 11) is 0. The molecule has 0 aliphatic carbocycles. The van der Waals surface area contributed by atoms with Gasteiger partial charge in [0, 0.05) is 24.4 Å². The summed E-state index contributed by atoms with van der Waals surface area (Å²) < 4.78 is 6.16. The van der Waals surface area contributed by atoms with E-state index in [4.69, 9.17) is 9.73 Å². The van der Waals surface area contributed by atoms with Crippen molar-refractivity contribution < 1.29 is 4.74 Å². The number of para-hydroxylation sites is 1. The lowest BCUT2D eigenvalue weighted by molar-refractivity contribution is 0.236. The maximum atomic E-state index is 6.16. The Bertz CT molecular complexity index is 966. The fraction of sp³-hybridized carbons (Fsp3) is 0.348. The molecule has 2 aromatic rings. The second-order valence-corrected chi connectivity index (χ2v) is 8.63. The Morgan fingerprint density at radius 1 is 1.07 bits per heavy atom. The number of aliphatic imine (C=N–C) groups is 1. The molecule has 0 unspecified atom stereocenters. The highest BCUT2D eigenvalue weighted by Gasteiger charge is 2.33. The van der Waals surface area contributed by atoms with E-state index in [0.29, 0.717) is 0 Å². The van der Waals surface area contributed by atoms with Crippen LogP contribution in [-0.4, -0.2) is 29.9 Å². The molecule has 0 saturated carbocycles. The Hall–Kier alpha value is -2.40. The van der Waals surface area contributed by atoms with Gasteiger partial charge in [-0.25, -0.2) is 0 Å². The number of hydrogen-bond donors (Lipinski definition) is 0. The standard InChI is InChI=1S/C23H25N3OS/c1-16(2)27-19-10-5-9-18-23(19)28-20-11-4-3-8-17(20)26(18)22-13-7-15-25(22)21-12-6-14-24-21/h3-5,8-11,13,16H,6-7,12,14-15H2,1-2H3. The third-order valence-corrected chi connectivity index (χ3v) is 6.41. The molecule has 0 spiro atoms. The molecule has 28 heavy (non-hydrogen) atoms. The summed E-state index contributed by atoms with van der Waals surface area (Å²) in [6.45, 7) is 6.13. The van der Waals surface area contributed by atoms with Crippen LogP contribution in [-0.2, 0) is 0 Å². The van der Waals surface area contributed by atoms with Crippen molar-refractivity contribution in [3.63, 3.8) is 0 Å². The summed E-state index contributed by atoms with van der Waals surface area (Å²) in [6.07, 6.45) is 5.79. The van der Waals surface area contributed by atoms with Crippen LogP contribution < -0.4 is 9.64 Å². The maximum absolute atomic E-state index is 6.16. The predicted octanol–water partition coefficient (Wildman–Crippen LogP) is 5.82. The maximum Gasteiger partial charge on any atom is 0.135 e. The number of benzene rings is 2. The van der Waals surface area contributed by atoms with E-state index in [-0.39, 0.29) is 6.10 Å². The minimum Gasteiger partial charge on any atom is -0.490 e. The molecule has 3 heterocycles. The average molecular weight is 392 g/mol. The van der Waals surface area contributed by atoms with E-state index < -0.39 is 0 Å². The first-order valence-corrected chi connectivity index (χ1v) is 10.9. The Kier molecular flexibility index (Phi) is 4.55. The van der Waals surface area contributed by atoms with Gasteiger partial charge in [0.1, 0.15) is 17.4 Å². The third-order valence-electron chi connectivity index (χ3n) is 5.23. The zero-order valence-corrected chi connectivity index (χ0v) is 17.2. The molecule has 0 atom stereocenters. The van der Waals surface area contributed by atoms with Gasteiger partial charge < -0.3 is 9.64 Å². The van der Waals surface area contributed by atoms with Crippen molar-refractivity contribution in [3.05, 3.63) is 54.4 Å². The predicted molar refractivity (Wildman–Crippen MR) is 116 cm³/mol. The smallest absolute Gasteiger partial charge is 0.135 e. The van der Waals surface area contributed by atoms with Gasteiger partial charge in [0.2, 0.25) is 0 Å². The van der Waals surface area contributed by atoms with Gasteiger partial charge >= 0.3 is 0 Å². The van der Waals surface area contributed by atoms with Gasteiger partial charge in [0.25, 0.3) is 0 Å². The lowest BCUT2D eigenvalue weighted by Crippen LogP contribution is -2.35. The average Bonchev–Trinajstić information content (AvgIpc) is 3.37. The largest absolute Gasteiger partial charge is 0.490 e. The first-order chi connectivity index (χ1) is 13.7. The summed E-state index contributed by atoms with van der Waals surface area (Å²) in [4.78, 5) is 12.0. The van der Waals surface area contributed by atoms with Gasteiger partial charge in [-0.2, -0.15) is 0 Å². The van der Waals surface area contributed by atoms with Crippen molar-refractivity contribution in [3.8, 4) is 5.75 Å². The molecule has 0 amide bonds. The molecule has 0 fully saturated rings. The Balaban J connectivity index is 1.64. The van der Waals surface area contributed by atoms with Gasteiger partial charge in [-0.1, -0.05) is 30.0 Å². The van der Waals surface area contributed by atoms with Gasteiger partial charge in [0.05, 0.1) is 22.4 Å². The molecule has 144 valence electrons. The van der Waals surface area contributed by atoms with E-state index in [0.717, 1.165) is 38.1 Å². The summed E-state index contributed by atoms with van der Waals surface area (Å²) in [6, 6.07) is 15.1. The van der Waals surface area contributed by atoms with Crippen molar-refractivity contribution in [1.29, 1.82) is 0 Å². The summed E-state index contributed by atoms with van der Waals surface area (Å²) in [5.74, 6) is 3.42. The van der Waals surface area contributed by atoms with E-state index in [1.54, 1.807) is 11.8 Å². The monoisotopic (exact) mass is 391 g/mol. The number of anilines is 2. The van der Waals surface area contributed by atoms with Crippen LogP contribution in [0.15, 0.2) is 69.1 Å². The lowest BCUT2D eigenvalue weighted by atomic mass is 10.2. The number of hydrogen-bond acceptors (Lipinski definition) is 5. The van der Waals surface area contributed by atoms with E-state index in [2.05, 4.69) is 72.2 Å². The topological polar surface area (TPSA) is 28.1 Å². The van der Waals surface area contributed by atoms with Crippen LogP contribution in [0.4, 0.5) is 11.4 Å². The highest BCUT2D eigenvalue weighted by molar-refractivity contribution is 7.99. The Morgan fingerprint density at radius 3 is 2.75 bits per heavy atom. The first kappa shape index (κ1) is 17.7. The minimum absolute atomic E-state index is 0.146. The molecule has 0 N–H and O–H groups in total. The minimum atomic E-state index is 0.146. The Labute approximate surface area is 170 Å². The summed E-state index contributed by atoms with van der Waals surface area (Å²) in [5.41, 5.74) is 2.43. The second-order valence-electron chi connectivity index (χ2n) is 7.58. The van der Waals surface area contributed by atoms with E-state index >= 15 is 0 Å². The number of amidine groups is 1. The van der Waals surface area contributed by atoms with Crippen molar-refractivity contribution in [2.75, 3.05) is 18.0 Å². The number of fused-ring (bicyclic) bond motifs is 2. The lowest BCUT2D eigenvalue weighted by Gasteiger charge is -2.38. The van der Waals surface area contributed by atoms with Crippen molar-refractivity contribution in [2.45, 2.75) is 49.0 Å². The van der Waals surface area contributed by atoms with Crippen molar-refractivity contribution in [1.82, 2.24) is 4.90 Å². The number of nitrogens with zero attached hydrogens (tertiary/aromatic N) is 3. The van der Waals surface area contributed by atoms with Gasteiger partial charge in [0.15, 0.2) is 0 Å².